The molecule has 1 N–H and O–H groups in total. The van der Waals surface area contributed by atoms with Gasteiger partial charge in [0, 0.05) is 23.7 Å². The zero-order valence-electron chi connectivity index (χ0n) is 19.5. The SMILES string of the molecule is CCN(CC(=O)Nc1cc(-c2ccccc2)nn1-c1ccc(F)cc1)C(=O)c1ccc2c(c1)OCO2. The third-order valence-electron chi connectivity index (χ3n) is 5.74. The fraction of sp³-hybridized carbons (Fsp3) is 0.148. The molecule has 0 radical (unpaired) electrons. The smallest absolute Gasteiger partial charge is 0.254 e. The van der Waals surface area contributed by atoms with Crippen LogP contribution in [0, 0.1) is 5.82 Å². The highest BCUT2D eigenvalue weighted by Gasteiger charge is 2.22. The maximum Gasteiger partial charge on any atom is 0.254 e. The van der Waals surface area contributed by atoms with Crippen LogP contribution in [0.15, 0.2) is 78.9 Å². The zero-order valence-corrected chi connectivity index (χ0v) is 19.5. The second-order valence-electron chi connectivity index (χ2n) is 8.10. The van der Waals surface area contributed by atoms with Crippen molar-refractivity contribution >= 4 is 17.6 Å². The van der Waals surface area contributed by atoms with Gasteiger partial charge in [0.05, 0.1) is 11.4 Å². The summed E-state index contributed by atoms with van der Waals surface area (Å²) in [5.74, 6) is 0.405. The minimum absolute atomic E-state index is 0.111. The van der Waals surface area contributed by atoms with E-state index in [0.29, 0.717) is 40.8 Å². The van der Waals surface area contributed by atoms with Crippen molar-refractivity contribution in [1.82, 2.24) is 14.7 Å². The summed E-state index contributed by atoms with van der Waals surface area (Å²) >= 11 is 0. The number of hydrogen-bond donors (Lipinski definition) is 1. The highest BCUT2D eigenvalue weighted by Crippen LogP contribution is 2.33. The first-order valence-corrected chi connectivity index (χ1v) is 11.4. The van der Waals surface area contributed by atoms with Gasteiger partial charge in [-0.15, -0.1) is 0 Å². The second kappa shape index (κ2) is 9.91. The van der Waals surface area contributed by atoms with Crippen molar-refractivity contribution in [3.8, 4) is 28.4 Å². The average molecular weight is 487 g/mol. The van der Waals surface area contributed by atoms with E-state index in [4.69, 9.17) is 9.47 Å². The molecule has 182 valence electrons. The normalized spacial score (nSPS) is 11.8. The van der Waals surface area contributed by atoms with Crippen LogP contribution >= 0.6 is 0 Å². The minimum Gasteiger partial charge on any atom is -0.454 e. The molecular weight excluding hydrogens is 463 g/mol. The van der Waals surface area contributed by atoms with Crippen LogP contribution in [0.4, 0.5) is 10.2 Å². The Morgan fingerprint density at radius 1 is 1.00 bits per heavy atom. The number of hydrogen-bond acceptors (Lipinski definition) is 5. The summed E-state index contributed by atoms with van der Waals surface area (Å²) in [5, 5.41) is 7.48. The van der Waals surface area contributed by atoms with Crippen LogP contribution in [0.25, 0.3) is 16.9 Å². The number of carbonyl (C=O) groups is 2. The van der Waals surface area contributed by atoms with Crippen LogP contribution in [-0.4, -0.2) is 46.4 Å². The van der Waals surface area contributed by atoms with E-state index in [-0.39, 0.29) is 25.1 Å². The lowest BCUT2D eigenvalue weighted by atomic mass is 10.1. The topological polar surface area (TPSA) is 85.7 Å². The Morgan fingerprint density at radius 3 is 2.50 bits per heavy atom. The third kappa shape index (κ3) is 4.76. The van der Waals surface area contributed by atoms with Gasteiger partial charge in [0.25, 0.3) is 5.91 Å². The van der Waals surface area contributed by atoms with Crippen molar-refractivity contribution in [3.05, 3.63) is 90.2 Å². The molecule has 9 heteroatoms. The van der Waals surface area contributed by atoms with Crippen LogP contribution in [-0.2, 0) is 4.79 Å². The molecular formula is C27H23FN4O4. The second-order valence-corrected chi connectivity index (χ2v) is 8.10. The minimum atomic E-state index is -0.395. The van der Waals surface area contributed by atoms with E-state index < -0.39 is 5.91 Å². The molecule has 3 aromatic carbocycles. The Hall–Kier alpha value is -4.66. The molecule has 2 amide bonds. The lowest BCUT2D eigenvalue weighted by Crippen LogP contribution is -2.38. The van der Waals surface area contributed by atoms with E-state index in [1.165, 1.54) is 21.7 Å². The van der Waals surface area contributed by atoms with Gasteiger partial charge >= 0.3 is 0 Å². The fourth-order valence-corrected chi connectivity index (χ4v) is 3.89. The Bertz CT molecular complexity index is 1400. The summed E-state index contributed by atoms with van der Waals surface area (Å²) in [6.07, 6.45) is 0. The largest absolute Gasteiger partial charge is 0.454 e. The molecule has 0 saturated heterocycles. The van der Waals surface area contributed by atoms with Crippen molar-refractivity contribution in [2.45, 2.75) is 6.92 Å². The number of fused-ring (bicyclic) bond motifs is 1. The van der Waals surface area contributed by atoms with E-state index in [2.05, 4.69) is 10.4 Å². The van der Waals surface area contributed by atoms with Crippen LogP contribution in [0.2, 0.25) is 0 Å². The van der Waals surface area contributed by atoms with E-state index in [9.17, 15) is 14.0 Å². The van der Waals surface area contributed by atoms with E-state index >= 15 is 0 Å². The van der Waals surface area contributed by atoms with Gasteiger partial charge in [0.15, 0.2) is 11.5 Å². The number of nitrogens with one attached hydrogen (secondary N) is 1. The molecule has 0 spiro atoms. The summed E-state index contributed by atoms with van der Waals surface area (Å²) in [5.41, 5.74) is 2.48. The van der Waals surface area contributed by atoms with Crippen molar-refractivity contribution < 1.29 is 23.5 Å². The molecule has 8 nitrogen and oxygen atoms in total. The van der Waals surface area contributed by atoms with Gasteiger partial charge in [-0.25, -0.2) is 9.07 Å². The van der Waals surface area contributed by atoms with Gasteiger partial charge in [-0.05, 0) is 49.4 Å². The summed E-state index contributed by atoms with van der Waals surface area (Å²) in [7, 11) is 0. The van der Waals surface area contributed by atoms with Gasteiger partial charge in [-0.3, -0.25) is 9.59 Å². The van der Waals surface area contributed by atoms with Gasteiger partial charge in [0.1, 0.15) is 18.2 Å². The molecule has 0 saturated carbocycles. The highest BCUT2D eigenvalue weighted by molar-refractivity contribution is 5.99. The molecule has 4 aromatic rings. The Balaban J connectivity index is 1.37. The lowest BCUT2D eigenvalue weighted by molar-refractivity contribution is -0.116. The predicted molar refractivity (Wildman–Crippen MR) is 132 cm³/mol. The first kappa shape index (κ1) is 23.1. The van der Waals surface area contributed by atoms with E-state index in [1.54, 1.807) is 43.3 Å². The number of anilines is 1. The van der Waals surface area contributed by atoms with Crippen molar-refractivity contribution in [2.75, 3.05) is 25.2 Å². The third-order valence-corrected chi connectivity index (χ3v) is 5.74. The number of ether oxygens (including phenoxy) is 2. The molecule has 0 fully saturated rings. The molecule has 0 aliphatic carbocycles. The summed E-state index contributed by atoms with van der Waals surface area (Å²) in [4.78, 5) is 27.5. The molecule has 0 unspecified atom stereocenters. The Kier molecular flexibility index (Phi) is 6.36. The predicted octanol–water partition coefficient (Wildman–Crippen LogP) is 4.51. The number of aromatic nitrogens is 2. The number of likely N-dealkylation sites (N-methyl/N-ethyl adjacent to an activating group) is 1. The zero-order chi connectivity index (χ0) is 25.1. The van der Waals surface area contributed by atoms with Crippen LogP contribution in [0.5, 0.6) is 11.5 Å². The molecule has 0 atom stereocenters. The summed E-state index contributed by atoms with van der Waals surface area (Å²) < 4.78 is 25.7. The molecule has 1 aromatic heterocycles. The first-order valence-electron chi connectivity index (χ1n) is 11.4. The van der Waals surface area contributed by atoms with Crippen LogP contribution in [0.3, 0.4) is 0 Å². The molecule has 2 heterocycles. The maximum absolute atomic E-state index is 13.5. The van der Waals surface area contributed by atoms with E-state index in [0.717, 1.165) is 5.56 Å². The van der Waals surface area contributed by atoms with Crippen molar-refractivity contribution in [1.29, 1.82) is 0 Å². The first-order chi connectivity index (χ1) is 17.5. The lowest BCUT2D eigenvalue weighted by Gasteiger charge is -2.20. The van der Waals surface area contributed by atoms with Crippen LogP contribution < -0.4 is 14.8 Å². The van der Waals surface area contributed by atoms with Crippen LogP contribution in [0.1, 0.15) is 17.3 Å². The number of carbonyl (C=O) groups excluding carboxylic acids is 2. The molecule has 36 heavy (non-hydrogen) atoms. The van der Waals surface area contributed by atoms with Crippen molar-refractivity contribution in [3.63, 3.8) is 0 Å². The fourth-order valence-electron chi connectivity index (χ4n) is 3.89. The maximum atomic E-state index is 13.5. The molecule has 1 aliphatic heterocycles. The summed E-state index contributed by atoms with van der Waals surface area (Å²) in [6.45, 7) is 2.07. The van der Waals surface area contributed by atoms with Crippen molar-refractivity contribution in [2.24, 2.45) is 0 Å². The Labute approximate surface area is 206 Å². The quantitative estimate of drug-likeness (QED) is 0.416. The van der Waals surface area contributed by atoms with Gasteiger partial charge in [-0.2, -0.15) is 5.10 Å². The number of rotatable bonds is 7. The number of halogens is 1. The average Bonchev–Trinajstić information content (AvgIpc) is 3.54. The molecule has 1 aliphatic rings. The highest BCUT2D eigenvalue weighted by atomic mass is 19.1. The molecule has 5 rings (SSSR count). The summed E-state index contributed by atoms with van der Waals surface area (Å²) in [6, 6.07) is 22.0. The van der Waals surface area contributed by atoms with Gasteiger partial charge < -0.3 is 19.7 Å². The standard InChI is InChI=1S/C27H23FN4O4/c1-2-31(27(34)19-8-13-23-24(14-19)36-17-35-23)16-26(33)29-25-15-22(18-6-4-3-5-7-18)30-32(25)21-11-9-20(28)10-12-21/h3-15H,2,16-17H2,1H3,(H,29,33). The molecule has 0 bridgehead atoms. The van der Waals surface area contributed by atoms with Gasteiger partial charge in [-0.1, -0.05) is 30.3 Å². The number of benzene rings is 3. The Morgan fingerprint density at radius 2 is 1.75 bits per heavy atom. The monoisotopic (exact) mass is 486 g/mol. The van der Waals surface area contributed by atoms with Gasteiger partial charge in [0.2, 0.25) is 12.7 Å². The van der Waals surface area contributed by atoms with E-state index in [1.807, 2.05) is 30.3 Å². The number of amides is 2. The number of nitrogens with zero attached hydrogens (tertiary/aromatic N) is 3.